The molecule has 0 aliphatic carbocycles. The third-order valence-corrected chi connectivity index (χ3v) is 19.0. The van der Waals surface area contributed by atoms with E-state index >= 15 is 0 Å². The summed E-state index contributed by atoms with van der Waals surface area (Å²) in [6.45, 7) is 66.3. The highest BCUT2D eigenvalue weighted by Gasteiger charge is 2.01. The van der Waals surface area contributed by atoms with Crippen molar-refractivity contribution < 1.29 is 0 Å². The van der Waals surface area contributed by atoms with Crippen molar-refractivity contribution in [2.24, 2.45) is 0 Å². The average Bonchev–Trinajstić information content (AvgIpc) is 0.824. The highest BCUT2D eigenvalue weighted by molar-refractivity contribution is 5.87. The van der Waals surface area contributed by atoms with Crippen molar-refractivity contribution >= 4 is 120 Å². The van der Waals surface area contributed by atoms with E-state index in [9.17, 15) is 0 Å². The van der Waals surface area contributed by atoms with E-state index in [2.05, 4.69) is 238 Å². The fraction of sp³-hybridized carbons (Fsp3) is 0.256. The summed E-state index contributed by atoms with van der Waals surface area (Å²) in [4.78, 5) is 59.0. The molecule has 10 aromatic carbocycles. The third kappa shape index (κ3) is 46.6. The van der Waals surface area contributed by atoms with Gasteiger partial charge in [-0.3, -0.25) is 54.8 Å². The van der Waals surface area contributed by atoms with Crippen LogP contribution in [0.3, 0.4) is 0 Å². The molecule has 22 aromatic rings. The number of nitrogens with zero attached hydrogens (tertiary/aromatic N) is 14. The van der Waals surface area contributed by atoms with Gasteiger partial charge in [0.1, 0.15) is 5.82 Å². The molecule has 14 heteroatoms. The van der Waals surface area contributed by atoms with Crippen LogP contribution < -0.4 is 0 Å². The van der Waals surface area contributed by atoms with Gasteiger partial charge in [-0.15, -0.1) is 0 Å². The molecule has 14 nitrogen and oxygen atoms in total. The molecule has 0 atom stereocenters. The van der Waals surface area contributed by atoms with Crippen LogP contribution in [0.1, 0.15) is 214 Å². The van der Waals surface area contributed by atoms with E-state index in [4.69, 9.17) is 0 Å². The second-order valence-electron chi connectivity index (χ2n) is 29.0. The maximum absolute atomic E-state index is 4.38. The van der Waals surface area contributed by atoms with Crippen molar-refractivity contribution in [1.29, 1.82) is 0 Å². The molecule has 0 N–H and O–H groups in total. The van der Waals surface area contributed by atoms with Crippen LogP contribution in [0, 0.1) is 76.2 Å². The first-order valence-corrected chi connectivity index (χ1v) is 51.0. The molecule has 0 unspecified atom stereocenters. The summed E-state index contributed by atoms with van der Waals surface area (Å²) in [6.07, 6.45) is 22.1. The van der Waals surface area contributed by atoms with Crippen LogP contribution in [0.25, 0.3) is 120 Å². The second-order valence-corrected chi connectivity index (χ2v) is 29.0. The van der Waals surface area contributed by atoms with E-state index in [-0.39, 0.29) is 0 Å². The fourth-order valence-electron chi connectivity index (χ4n) is 12.8. The summed E-state index contributed by atoms with van der Waals surface area (Å²) >= 11 is 0. The van der Waals surface area contributed by atoms with Gasteiger partial charge < -0.3 is 0 Å². The monoisotopic (exact) mass is 1910 g/mol. The van der Waals surface area contributed by atoms with Gasteiger partial charge in [-0.05, 0) is 236 Å². The van der Waals surface area contributed by atoms with Crippen molar-refractivity contribution in [1.82, 2.24) is 69.8 Å². The zero-order valence-corrected chi connectivity index (χ0v) is 92.1. The first-order valence-electron chi connectivity index (χ1n) is 51.0. The number of hydrogen-bond acceptors (Lipinski definition) is 14. The maximum Gasteiger partial charge on any atom is 0.125 e. The number of aryl methyl sites for hydroxylation is 11. The maximum atomic E-state index is 4.38. The average molecular weight is 1910 g/mol. The van der Waals surface area contributed by atoms with Gasteiger partial charge in [0, 0.05) is 146 Å². The predicted octanol–water partition coefficient (Wildman–Crippen LogP) is 37.4. The standard InChI is InChI=1S/8C10H9N.3C9H8N2.11C2H6/c1-8-2-3-10-7-11-5-4-9(10)6-8;1-8-2-3-9-4-5-11-7-10(9)6-8;1-8-4-5-10-9(7-8)3-2-6-11-10;1-8-4-5-9-3-2-6-11-10(9)7-8;1-8-6-9-4-2-3-5-10(9)7-11-8;1-8-6-9-4-2-3-5-10(9)11-7-8;1-8-10-5-3-2-4-9(10)6-7-11-8;1-8-6-7-9-4-2-3-5-10(9)11-8;1-7-4-5-8-9(11-7)3-2-6-10-8;1-7-10-6-8-4-2-3-5-9(8)11-7;1-7-6-10-8-4-2-3-5-9(8)11-7;11*1-2/h8*2-7H,1H3;3*2-6H,1H3;11*1-2H3. The smallest absolute Gasteiger partial charge is 0.125 e. The molecule has 12 heterocycles. The van der Waals surface area contributed by atoms with Crippen LogP contribution >= 0.6 is 0 Å². The Hall–Kier alpha value is -15.3. The lowest BCUT2D eigenvalue weighted by Gasteiger charge is -1.97. The molecule has 0 bridgehead atoms. The first kappa shape index (κ1) is 126. The minimum absolute atomic E-state index is 0.823. The van der Waals surface area contributed by atoms with Crippen LogP contribution in [0.15, 0.2) is 384 Å². The van der Waals surface area contributed by atoms with Gasteiger partial charge in [-0.1, -0.05) is 351 Å². The summed E-state index contributed by atoms with van der Waals surface area (Å²) in [5, 5.41) is 15.9. The normalized spacial score (nSPS) is 9.15. The van der Waals surface area contributed by atoms with Crippen LogP contribution in [0.2, 0.25) is 0 Å². The highest BCUT2D eigenvalue weighted by atomic mass is 14.9. The van der Waals surface area contributed by atoms with Crippen molar-refractivity contribution in [3.8, 4) is 0 Å². The highest BCUT2D eigenvalue weighted by Crippen LogP contribution is 2.21. The summed E-state index contributed by atoms with van der Waals surface area (Å²) < 4.78 is 0. The molecule has 0 saturated heterocycles. The Bertz CT molecular complexity index is 5820. The Kier molecular flexibility index (Phi) is 68.2. The quantitative estimate of drug-likeness (QED) is 0.140. The molecule has 0 radical (unpaired) electrons. The SMILES string of the molecule is CC.CC.CC.CC.CC.CC.CC.CC.CC.CC.CC.Cc1cc2ccccc2cn1.Cc1ccc2ccccc2n1.Cc1ccc2cccnc2c1.Cc1ccc2ccncc2c1.Cc1ccc2cnccc2c1.Cc1ccc2ncccc2c1.Cc1ccc2ncccc2n1.Cc1cnc2ccccc2c1.Cc1cnc2ccccc2n1.Cc1ncc2ccccc2n1.Cc1nccc2ccccc12. The molecule has 0 saturated carbocycles. The minimum Gasteiger partial charge on any atom is -0.264 e. The Morgan fingerprint density at radius 2 is 0.490 bits per heavy atom. The summed E-state index contributed by atoms with van der Waals surface area (Å²) in [7, 11) is 0. The van der Waals surface area contributed by atoms with Gasteiger partial charge in [-0.25, -0.2) is 15.0 Å². The zero-order chi connectivity index (χ0) is 106. The van der Waals surface area contributed by atoms with Gasteiger partial charge in [0.05, 0.1) is 55.3 Å². The Morgan fingerprint density at radius 3 is 1.10 bits per heavy atom. The largest absolute Gasteiger partial charge is 0.264 e. The fourth-order valence-corrected chi connectivity index (χ4v) is 12.8. The van der Waals surface area contributed by atoms with E-state index in [1.54, 1.807) is 12.4 Å². The molecular formula is C129H162N14. The van der Waals surface area contributed by atoms with E-state index in [0.29, 0.717) is 0 Å². The van der Waals surface area contributed by atoms with E-state index in [1.165, 1.54) is 92.5 Å². The summed E-state index contributed by atoms with van der Waals surface area (Å²) in [6, 6.07) is 104. The van der Waals surface area contributed by atoms with Crippen LogP contribution in [0.5, 0.6) is 0 Å². The van der Waals surface area contributed by atoms with Crippen molar-refractivity contribution in [2.75, 3.05) is 0 Å². The summed E-state index contributed by atoms with van der Waals surface area (Å²) in [5.41, 5.74) is 20.7. The van der Waals surface area contributed by atoms with Crippen molar-refractivity contribution in [3.05, 3.63) is 446 Å². The topological polar surface area (TPSA) is 180 Å². The molecular weight excluding hydrogens is 1750 g/mol. The van der Waals surface area contributed by atoms with Crippen molar-refractivity contribution in [2.45, 2.75) is 228 Å². The molecule has 0 amide bonds. The Labute approximate surface area is 858 Å². The molecule has 12 aromatic heterocycles. The van der Waals surface area contributed by atoms with Gasteiger partial charge in [0.2, 0.25) is 0 Å². The second kappa shape index (κ2) is 77.5. The van der Waals surface area contributed by atoms with E-state index in [0.717, 1.165) is 89.3 Å². The third-order valence-electron chi connectivity index (χ3n) is 19.0. The number of rotatable bonds is 0. The first-order chi connectivity index (χ1) is 70.0. The number of benzene rings is 10. The Balaban J connectivity index is 0.000000771. The molecule has 0 aliphatic rings. The number of fused-ring (bicyclic) bond motifs is 11. The lowest BCUT2D eigenvalue weighted by molar-refractivity contribution is 1.09. The zero-order valence-electron chi connectivity index (χ0n) is 92.1. The van der Waals surface area contributed by atoms with Gasteiger partial charge in [-0.2, -0.15) is 0 Å². The molecule has 748 valence electrons. The van der Waals surface area contributed by atoms with Gasteiger partial charge >= 0.3 is 0 Å². The molecule has 143 heavy (non-hydrogen) atoms. The van der Waals surface area contributed by atoms with Crippen LogP contribution in [-0.4, -0.2) is 69.8 Å². The van der Waals surface area contributed by atoms with Crippen LogP contribution in [-0.2, 0) is 0 Å². The number of para-hydroxylation sites is 5. The summed E-state index contributed by atoms with van der Waals surface area (Å²) in [5.74, 6) is 0.823. The van der Waals surface area contributed by atoms with E-state index in [1.807, 2.05) is 432 Å². The lowest BCUT2D eigenvalue weighted by Crippen LogP contribution is -1.86. The Morgan fingerprint density at radius 1 is 0.147 bits per heavy atom. The number of pyridine rings is 10. The minimum atomic E-state index is 0.823. The van der Waals surface area contributed by atoms with Gasteiger partial charge in [0.25, 0.3) is 0 Å². The number of aromatic nitrogens is 14. The number of hydrogen-bond donors (Lipinski definition) is 0. The van der Waals surface area contributed by atoms with Crippen molar-refractivity contribution in [3.63, 3.8) is 0 Å². The molecule has 0 aliphatic heterocycles. The van der Waals surface area contributed by atoms with Crippen LogP contribution in [0.4, 0.5) is 0 Å². The lowest BCUT2D eigenvalue weighted by atomic mass is 10.1. The predicted molar refractivity (Wildman–Crippen MR) is 629 cm³/mol. The van der Waals surface area contributed by atoms with Gasteiger partial charge in [0.15, 0.2) is 0 Å². The van der Waals surface area contributed by atoms with E-state index < -0.39 is 0 Å². The molecule has 0 fully saturated rings. The molecule has 22 rings (SSSR count). The molecule has 0 spiro atoms.